The van der Waals surface area contributed by atoms with Crippen LogP contribution in [0.3, 0.4) is 0 Å². The summed E-state index contributed by atoms with van der Waals surface area (Å²) in [7, 11) is 0. The zero-order valence-electron chi connectivity index (χ0n) is 14.6. The topological polar surface area (TPSA) is 142 Å². The van der Waals surface area contributed by atoms with E-state index in [4.69, 9.17) is 5.73 Å². The Balaban J connectivity index is 4.94. The summed E-state index contributed by atoms with van der Waals surface area (Å²) in [4.78, 5) is 35.6. The van der Waals surface area contributed by atoms with Gasteiger partial charge in [0.05, 0.1) is 12.1 Å². The quantitative estimate of drug-likeness (QED) is 0.334. The molecule has 0 spiro atoms. The number of carboxylic acid groups (broad SMARTS) is 1. The molecule has 0 aliphatic rings. The Morgan fingerprint density at radius 2 is 1.67 bits per heavy atom. The summed E-state index contributed by atoms with van der Waals surface area (Å²) in [6.45, 7) is 4.86. The third-order valence-corrected chi connectivity index (χ3v) is 4.45. The summed E-state index contributed by atoms with van der Waals surface area (Å²) >= 11 is 1.54. The van der Waals surface area contributed by atoms with Gasteiger partial charge in [-0.25, -0.2) is 4.79 Å². The molecule has 0 aliphatic heterocycles. The number of hydrogen-bond acceptors (Lipinski definition) is 6. The Morgan fingerprint density at radius 3 is 2.08 bits per heavy atom. The summed E-state index contributed by atoms with van der Waals surface area (Å²) in [6, 6.07) is -3.15. The molecule has 0 rings (SSSR count). The number of carboxylic acids is 1. The molecule has 0 aliphatic carbocycles. The van der Waals surface area contributed by atoms with E-state index in [1.165, 1.54) is 6.92 Å². The molecular formula is C15H29N3O5S. The van der Waals surface area contributed by atoms with Crippen LogP contribution in [0.4, 0.5) is 0 Å². The van der Waals surface area contributed by atoms with Crippen molar-refractivity contribution in [3.63, 3.8) is 0 Å². The van der Waals surface area contributed by atoms with Crippen molar-refractivity contribution in [1.29, 1.82) is 0 Å². The second-order valence-electron chi connectivity index (χ2n) is 5.82. The number of rotatable bonds is 11. The average molecular weight is 363 g/mol. The second-order valence-corrected chi connectivity index (χ2v) is 6.81. The molecule has 140 valence electrons. The van der Waals surface area contributed by atoms with Crippen LogP contribution in [-0.2, 0) is 14.4 Å². The van der Waals surface area contributed by atoms with E-state index in [0.29, 0.717) is 18.6 Å². The highest BCUT2D eigenvalue weighted by atomic mass is 32.2. The van der Waals surface area contributed by atoms with Crippen LogP contribution in [0.1, 0.15) is 33.6 Å². The van der Waals surface area contributed by atoms with Crippen molar-refractivity contribution in [3.8, 4) is 0 Å². The van der Waals surface area contributed by atoms with Crippen LogP contribution >= 0.6 is 11.8 Å². The lowest BCUT2D eigenvalue weighted by atomic mass is 9.98. The molecule has 2 amide bonds. The molecule has 0 aromatic rings. The van der Waals surface area contributed by atoms with Crippen molar-refractivity contribution >= 4 is 29.5 Å². The van der Waals surface area contributed by atoms with Gasteiger partial charge in [0, 0.05) is 0 Å². The van der Waals surface area contributed by atoms with Crippen molar-refractivity contribution in [2.75, 3.05) is 12.0 Å². The molecule has 9 heteroatoms. The summed E-state index contributed by atoms with van der Waals surface area (Å²) in [5, 5.41) is 23.8. The Kier molecular flexibility index (Phi) is 10.7. The first-order valence-electron chi connectivity index (χ1n) is 7.91. The molecule has 0 aromatic heterocycles. The van der Waals surface area contributed by atoms with E-state index in [1.807, 2.05) is 13.2 Å². The van der Waals surface area contributed by atoms with Gasteiger partial charge in [-0.05, 0) is 31.3 Å². The zero-order valence-corrected chi connectivity index (χ0v) is 15.4. The molecule has 24 heavy (non-hydrogen) atoms. The number of thioether (sulfide) groups is 1. The summed E-state index contributed by atoms with van der Waals surface area (Å²) in [5.41, 5.74) is 5.74. The first-order valence-corrected chi connectivity index (χ1v) is 9.31. The van der Waals surface area contributed by atoms with Crippen LogP contribution in [-0.4, -0.2) is 64.2 Å². The lowest BCUT2D eigenvalue weighted by Crippen LogP contribution is -2.59. The predicted octanol–water partition coefficient (Wildman–Crippen LogP) is -0.452. The van der Waals surface area contributed by atoms with Gasteiger partial charge in [0.2, 0.25) is 11.8 Å². The fourth-order valence-corrected chi connectivity index (χ4v) is 2.46. The van der Waals surface area contributed by atoms with Crippen molar-refractivity contribution in [2.45, 2.75) is 57.8 Å². The number of aliphatic hydroxyl groups excluding tert-OH is 1. The summed E-state index contributed by atoms with van der Waals surface area (Å²) < 4.78 is 0. The lowest BCUT2D eigenvalue weighted by molar-refractivity contribution is -0.144. The molecule has 5 unspecified atom stereocenters. The molecule has 8 nitrogen and oxygen atoms in total. The smallest absolute Gasteiger partial charge is 0.326 e. The molecule has 0 saturated carbocycles. The largest absolute Gasteiger partial charge is 0.480 e. The number of hydrogen-bond donors (Lipinski definition) is 5. The number of carbonyl (C=O) groups is 3. The first kappa shape index (κ1) is 22.7. The maximum Gasteiger partial charge on any atom is 0.326 e. The fourth-order valence-electron chi connectivity index (χ4n) is 1.97. The highest BCUT2D eigenvalue weighted by Crippen LogP contribution is 2.09. The second kappa shape index (κ2) is 11.3. The highest BCUT2D eigenvalue weighted by molar-refractivity contribution is 7.98. The van der Waals surface area contributed by atoms with Crippen molar-refractivity contribution in [3.05, 3.63) is 0 Å². The lowest BCUT2D eigenvalue weighted by Gasteiger charge is -2.26. The van der Waals surface area contributed by atoms with Crippen molar-refractivity contribution in [1.82, 2.24) is 10.6 Å². The first-order chi connectivity index (χ1) is 11.1. The fraction of sp³-hybridized carbons (Fsp3) is 0.800. The normalized spacial score (nSPS) is 17.2. The molecule has 0 saturated heterocycles. The van der Waals surface area contributed by atoms with Crippen LogP contribution in [0.2, 0.25) is 0 Å². The Morgan fingerprint density at radius 1 is 1.12 bits per heavy atom. The van der Waals surface area contributed by atoms with Gasteiger partial charge in [0.25, 0.3) is 0 Å². The predicted molar refractivity (Wildman–Crippen MR) is 93.6 cm³/mol. The SMILES string of the molecule is CCC(C)C(NC(=O)C(NC(=O)C(N)CCSC)C(C)O)C(=O)O. The molecule has 0 aromatic carbocycles. The maximum atomic E-state index is 12.3. The summed E-state index contributed by atoms with van der Waals surface area (Å²) in [5.74, 6) is -2.07. The minimum atomic E-state index is -1.26. The van der Waals surface area contributed by atoms with Crippen LogP contribution in [0.5, 0.6) is 0 Å². The number of amides is 2. The van der Waals surface area contributed by atoms with Crippen molar-refractivity contribution in [2.24, 2.45) is 11.7 Å². The molecule has 6 N–H and O–H groups in total. The number of nitrogens with two attached hydrogens (primary N) is 1. The van der Waals surface area contributed by atoms with Crippen molar-refractivity contribution < 1.29 is 24.6 Å². The third kappa shape index (κ3) is 7.50. The zero-order chi connectivity index (χ0) is 18.9. The van der Waals surface area contributed by atoms with E-state index >= 15 is 0 Å². The van der Waals surface area contributed by atoms with E-state index in [0.717, 1.165) is 0 Å². The molecular weight excluding hydrogens is 334 g/mol. The van der Waals surface area contributed by atoms with Gasteiger partial charge in [-0.15, -0.1) is 0 Å². The molecule has 0 fully saturated rings. The van der Waals surface area contributed by atoms with Crippen LogP contribution in [0.15, 0.2) is 0 Å². The van der Waals surface area contributed by atoms with E-state index in [2.05, 4.69) is 10.6 Å². The maximum absolute atomic E-state index is 12.3. The third-order valence-electron chi connectivity index (χ3n) is 3.81. The number of aliphatic hydroxyl groups is 1. The Bertz CT molecular complexity index is 433. The van der Waals surface area contributed by atoms with Gasteiger partial charge >= 0.3 is 5.97 Å². The van der Waals surface area contributed by atoms with Gasteiger partial charge in [-0.3, -0.25) is 9.59 Å². The monoisotopic (exact) mass is 363 g/mol. The number of carbonyl (C=O) groups excluding carboxylic acids is 2. The molecule has 0 heterocycles. The van der Waals surface area contributed by atoms with Crippen LogP contribution in [0.25, 0.3) is 0 Å². The Labute approximate surface area is 146 Å². The standard InChI is InChI=1S/C15H29N3O5S/c1-5-8(2)11(15(22)23)17-14(21)12(9(3)19)18-13(20)10(16)6-7-24-4/h8-12,19H,5-7,16H2,1-4H3,(H,17,21)(H,18,20)(H,22,23). The minimum absolute atomic E-state index is 0.291. The van der Waals surface area contributed by atoms with Gasteiger partial charge in [0.15, 0.2) is 0 Å². The molecule has 5 atom stereocenters. The molecule has 0 radical (unpaired) electrons. The van der Waals surface area contributed by atoms with Crippen LogP contribution in [0, 0.1) is 5.92 Å². The van der Waals surface area contributed by atoms with Gasteiger partial charge < -0.3 is 26.6 Å². The van der Waals surface area contributed by atoms with Gasteiger partial charge in [0.1, 0.15) is 12.1 Å². The number of nitrogens with one attached hydrogen (secondary N) is 2. The van der Waals surface area contributed by atoms with Gasteiger partial charge in [-0.1, -0.05) is 20.3 Å². The van der Waals surface area contributed by atoms with E-state index in [1.54, 1.807) is 18.7 Å². The number of aliphatic carboxylic acids is 1. The minimum Gasteiger partial charge on any atom is -0.480 e. The van der Waals surface area contributed by atoms with Gasteiger partial charge in [-0.2, -0.15) is 11.8 Å². The van der Waals surface area contributed by atoms with E-state index in [-0.39, 0.29) is 5.92 Å². The average Bonchev–Trinajstić information content (AvgIpc) is 2.53. The van der Waals surface area contributed by atoms with Crippen LogP contribution < -0.4 is 16.4 Å². The van der Waals surface area contributed by atoms with E-state index < -0.39 is 42.0 Å². The molecule has 0 bridgehead atoms. The Hall–Kier alpha value is -1.32. The van der Waals surface area contributed by atoms with E-state index in [9.17, 15) is 24.6 Å². The summed E-state index contributed by atoms with van der Waals surface area (Å²) in [6.07, 6.45) is 1.69. The highest BCUT2D eigenvalue weighted by Gasteiger charge is 2.32.